The average Bonchev–Trinajstić information content (AvgIpc) is 2.40. The number of phenols is 1. The zero-order chi connectivity index (χ0) is 16.8. The molecule has 22 heavy (non-hydrogen) atoms. The molecule has 122 valence electrons. The van der Waals surface area contributed by atoms with Crippen molar-refractivity contribution in [1.82, 2.24) is 10.6 Å². The molecular weight excluding hydrogens is 369 g/mol. The molecule has 4 N–H and O–H groups in total. The highest BCUT2D eigenvalue weighted by atomic mass is 35.6. The van der Waals surface area contributed by atoms with Gasteiger partial charge in [-0.2, -0.15) is 0 Å². The van der Waals surface area contributed by atoms with E-state index in [0.29, 0.717) is 18.5 Å². The quantitative estimate of drug-likeness (QED) is 0.271. The molecule has 0 saturated heterocycles. The summed E-state index contributed by atoms with van der Waals surface area (Å²) in [7, 11) is 0. The Morgan fingerprint density at radius 3 is 2.50 bits per heavy atom. The van der Waals surface area contributed by atoms with Crippen LogP contribution in [0, 0.1) is 0 Å². The fourth-order valence-corrected chi connectivity index (χ4v) is 2.08. The van der Waals surface area contributed by atoms with Gasteiger partial charge in [-0.1, -0.05) is 53.9 Å². The Morgan fingerprint density at radius 2 is 1.95 bits per heavy atom. The SMILES string of the molecule is CCCC(=O)NC(NC(=S)Nc1ccccc1O)C(Cl)(Cl)Cl. The number of carbonyl (C=O) groups is 1. The zero-order valence-electron chi connectivity index (χ0n) is 11.7. The normalized spacial score (nSPS) is 12.4. The van der Waals surface area contributed by atoms with Crippen molar-refractivity contribution in [1.29, 1.82) is 0 Å². The third-order valence-corrected chi connectivity index (χ3v) is 3.41. The van der Waals surface area contributed by atoms with Crippen molar-refractivity contribution in [3.8, 4) is 5.75 Å². The Kier molecular flexibility index (Phi) is 7.48. The number of nitrogens with one attached hydrogen (secondary N) is 3. The minimum Gasteiger partial charge on any atom is -0.506 e. The van der Waals surface area contributed by atoms with Crippen molar-refractivity contribution in [2.45, 2.75) is 29.7 Å². The first-order valence-electron chi connectivity index (χ1n) is 6.45. The van der Waals surface area contributed by atoms with Gasteiger partial charge in [0.1, 0.15) is 11.9 Å². The van der Waals surface area contributed by atoms with Crippen LogP contribution >= 0.6 is 47.0 Å². The summed E-state index contributed by atoms with van der Waals surface area (Å²) >= 11 is 22.6. The molecule has 1 aromatic rings. The molecule has 0 aliphatic rings. The van der Waals surface area contributed by atoms with Crippen molar-refractivity contribution in [2.75, 3.05) is 5.32 Å². The minimum atomic E-state index is -1.80. The van der Waals surface area contributed by atoms with Crippen molar-refractivity contribution in [2.24, 2.45) is 0 Å². The van der Waals surface area contributed by atoms with E-state index in [9.17, 15) is 9.90 Å². The molecule has 0 aliphatic heterocycles. The van der Waals surface area contributed by atoms with Crippen molar-refractivity contribution in [3.63, 3.8) is 0 Å². The third kappa shape index (κ3) is 6.44. The van der Waals surface area contributed by atoms with Gasteiger partial charge >= 0.3 is 0 Å². The number of hydrogen-bond acceptors (Lipinski definition) is 3. The van der Waals surface area contributed by atoms with E-state index >= 15 is 0 Å². The second kappa shape index (κ2) is 8.62. The van der Waals surface area contributed by atoms with E-state index in [0.717, 1.165) is 0 Å². The van der Waals surface area contributed by atoms with E-state index in [-0.39, 0.29) is 16.8 Å². The first-order chi connectivity index (χ1) is 10.2. The van der Waals surface area contributed by atoms with Crippen LogP contribution in [0.25, 0.3) is 0 Å². The van der Waals surface area contributed by atoms with E-state index in [4.69, 9.17) is 47.0 Å². The van der Waals surface area contributed by atoms with E-state index in [1.807, 2.05) is 6.92 Å². The van der Waals surface area contributed by atoms with Crippen LogP contribution in [0.1, 0.15) is 19.8 Å². The van der Waals surface area contributed by atoms with Crippen LogP contribution in [0.5, 0.6) is 5.75 Å². The molecule has 9 heteroatoms. The molecule has 1 rings (SSSR count). The van der Waals surface area contributed by atoms with E-state index in [2.05, 4.69) is 16.0 Å². The largest absolute Gasteiger partial charge is 0.506 e. The van der Waals surface area contributed by atoms with Gasteiger partial charge in [0.25, 0.3) is 0 Å². The average molecular weight is 385 g/mol. The number of thiocarbonyl (C=S) groups is 1. The van der Waals surface area contributed by atoms with Gasteiger partial charge in [0, 0.05) is 6.42 Å². The third-order valence-electron chi connectivity index (χ3n) is 2.54. The molecule has 1 amide bonds. The summed E-state index contributed by atoms with van der Waals surface area (Å²) in [5, 5.41) is 17.8. The Bertz CT molecular complexity index is 538. The second-order valence-corrected chi connectivity index (χ2v) is 7.18. The number of rotatable bonds is 5. The number of halogens is 3. The molecule has 0 bridgehead atoms. The molecule has 0 aliphatic carbocycles. The summed E-state index contributed by atoms with van der Waals surface area (Å²) in [6.45, 7) is 1.86. The van der Waals surface area contributed by atoms with E-state index in [1.54, 1.807) is 18.2 Å². The summed E-state index contributed by atoms with van der Waals surface area (Å²) in [5.74, 6) is -0.246. The lowest BCUT2D eigenvalue weighted by atomic mass is 10.3. The fourth-order valence-electron chi connectivity index (χ4n) is 1.53. The molecule has 1 aromatic carbocycles. The Hall–Kier alpha value is -0.950. The zero-order valence-corrected chi connectivity index (χ0v) is 14.8. The molecule has 0 fully saturated rings. The van der Waals surface area contributed by atoms with Crippen LogP contribution in [0.15, 0.2) is 24.3 Å². The number of amides is 1. The van der Waals surface area contributed by atoms with Gasteiger partial charge in [-0.15, -0.1) is 0 Å². The van der Waals surface area contributed by atoms with Gasteiger partial charge < -0.3 is 21.1 Å². The van der Waals surface area contributed by atoms with Gasteiger partial charge in [-0.05, 0) is 30.8 Å². The Morgan fingerprint density at radius 1 is 1.32 bits per heavy atom. The monoisotopic (exact) mass is 383 g/mol. The van der Waals surface area contributed by atoms with Crippen molar-refractivity contribution >= 4 is 63.7 Å². The summed E-state index contributed by atoms with van der Waals surface area (Å²) in [4.78, 5) is 11.7. The molecule has 1 atom stereocenters. The minimum absolute atomic E-state index is 0.0205. The summed E-state index contributed by atoms with van der Waals surface area (Å²) < 4.78 is -1.80. The molecule has 0 saturated carbocycles. The standard InChI is InChI=1S/C13H16Cl3N3O2S/c1-2-5-10(21)18-11(13(14,15)16)19-12(22)17-8-6-3-4-7-9(8)20/h3-4,6-7,11,20H,2,5H2,1H3,(H,18,21)(H2,17,19,22). The lowest BCUT2D eigenvalue weighted by Gasteiger charge is -2.27. The first-order valence-corrected chi connectivity index (χ1v) is 7.99. The maximum atomic E-state index is 11.7. The molecule has 0 spiro atoms. The van der Waals surface area contributed by atoms with Gasteiger partial charge in [0.2, 0.25) is 9.70 Å². The van der Waals surface area contributed by atoms with Crippen LogP contribution in [-0.4, -0.2) is 26.1 Å². The van der Waals surface area contributed by atoms with Crippen molar-refractivity contribution in [3.05, 3.63) is 24.3 Å². The number of benzene rings is 1. The molecule has 1 unspecified atom stereocenters. The molecule has 0 heterocycles. The molecule has 0 radical (unpaired) electrons. The van der Waals surface area contributed by atoms with Crippen LogP contribution in [-0.2, 0) is 4.79 Å². The summed E-state index contributed by atoms with van der Waals surface area (Å²) in [6.07, 6.45) is -0.0418. The van der Waals surface area contributed by atoms with Crippen LogP contribution in [0.4, 0.5) is 5.69 Å². The van der Waals surface area contributed by atoms with Gasteiger partial charge in [-0.25, -0.2) is 0 Å². The second-order valence-electron chi connectivity index (χ2n) is 4.41. The Balaban J connectivity index is 2.71. The topological polar surface area (TPSA) is 73.4 Å². The predicted molar refractivity (Wildman–Crippen MR) is 94.6 cm³/mol. The van der Waals surface area contributed by atoms with Crippen LogP contribution in [0.3, 0.4) is 0 Å². The highest BCUT2D eigenvalue weighted by molar-refractivity contribution is 7.80. The lowest BCUT2D eigenvalue weighted by molar-refractivity contribution is -0.121. The van der Waals surface area contributed by atoms with Gasteiger partial charge in [0.15, 0.2) is 5.11 Å². The maximum Gasteiger partial charge on any atom is 0.228 e. The number of aromatic hydroxyl groups is 1. The molecular formula is C13H16Cl3N3O2S. The molecule has 5 nitrogen and oxygen atoms in total. The van der Waals surface area contributed by atoms with Gasteiger partial charge in [-0.3, -0.25) is 4.79 Å². The van der Waals surface area contributed by atoms with Crippen LogP contribution in [0.2, 0.25) is 0 Å². The molecule has 0 aromatic heterocycles. The van der Waals surface area contributed by atoms with E-state index < -0.39 is 9.96 Å². The summed E-state index contributed by atoms with van der Waals surface area (Å²) in [5.41, 5.74) is 0.392. The Labute approximate surface area is 149 Å². The van der Waals surface area contributed by atoms with E-state index in [1.165, 1.54) is 6.07 Å². The first kappa shape index (κ1) is 19.1. The number of hydrogen-bond donors (Lipinski definition) is 4. The van der Waals surface area contributed by atoms with Crippen molar-refractivity contribution < 1.29 is 9.90 Å². The number of alkyl halides is 3. The predicted octanol–water partition coefficient (Wildman–Crippen LogP) is 3.29. The summed E-state index contributed by atoms with van der Waals surface area (Å²) in [6, 6.07) is 6.52. The highest BCUT2D eigenvalue weighted by Crippen LogP contribution is 2.29. The number of anilines is 1. The number of phenolic OH excluding ortho intramolecular Hbond substituents is 1. The number of para-hydroxylation sites is 2. The number of carbonyl (C=O) groups excluding carboxylic acids is 1. The van der Waals surface area contributed by atoms with Gasteiger partial charge in [0.05, 0.1) is 5.69 Å². The lowest BCUT2D eigenvalue weighted by Crippen LogP contribution is -2.56. The van der Waals surface area contributed by atoms with Crippen LogP contribution < -0.4 is 16.0 Å². The fraction of sp³-hybridized carbons (Fsp3) is 0.385. The smallest absolute Gasteiger partial charge is 0.228 e. The highest BCUT2D eigenvalue weighted by Gasteiger charge is 2.34. The maximum absolute atomic E-state index is 11.7.